The Bertz CT molecular complexity index is 1460. The number of aliphatic hydroxyl groups excluding tert-OH is 7. The van der Waals surface area contributed by atoms with Crippen LogP contribution in [0.25, 0.3) is 0 Å². The van der Waals surface area contributed by atoms with E-state index in [-0.39, 0.29) is 24.5 Å². The number of carbonyl (C=O) groups is 1. The van der Waals surface area contributed by atoms with Crippen LogP contribution in [0.3, 0.4) is 0 Å². The second kappa shape index (κ2) is 15.9. The number of benzene rings is 2. The van der Waals surface area contributed by atoms with E-state index in [1.165, 1.54) is 33.5 Å². The Morgan fingerprint density at radius 2 is 1.28 bits per heavy atom. The largest absolute Gasteiger partial charge is 0.493 e. The Kier molecular flexibility index (Phi) is 12.1. The maximum atomic E-state index is 12.8. The minimum Gasteiger partial charge on any atom is -0.493 e. The molecule has 0 saturated carbocycles. The van der Waals surface area contributed by atoms with Crippen LogP contribution in [0.4, 0.5) is 0 Å². The number of cyclic esters (lactones) is 1. The van der Waals surface area contributed by atoms with Crippen LogP contribution in [0.1, 0.15) is 11.1 Å². The molecular formula is C33H44O17. The van der Waals surface area contributed by atoms with Gasteiger partial charge in [0.05, 0.1) is 41.2 Å². The molecule has 50 heavy (non-hydrogen) atoms. The summed E-state index contributed by atoms with van der Waals surface area (Å²) in [6, 6.07) is 9.84. The van der Waals surface area contributed by atoms with E-state index in [0.29, 0.717) is 23.5 Å². The molecule has 17 nitrogen and oxygen atoms in total. The summed E-state index contributed by atoms with van der Waals surface area (Å²) < 4.78 is 43.7. The summed E-state index contributed by atoms with van der Waals surface area (Å²) in [6.07, 6.45) is -15.8. The zero-order valence-corrected chi connectivity index (χ0v) is 27.6. The van der Waals surface area contributed by atoms with Crippen molar-refractivity contribution in [3.8, 4) is 23.0 Å². The van der Waals surface area contributed by atoms with Gasteiger partial charge in [-0.1, -0.05) is 12.1 Å². The zero-order valence-electron chi connectivity index (χ0n) is 27.6. The third-order valence-corrected chi connectivity index (χ3v) is 9.26. The Balaban J connectivity index is 1.27. The van der Waals surface area contributed by atoms with Crippen molar-refractivity contribution < 1.29 is 83.5 Å². The summed E-state index contributed by atoms with van der Waals surface area (Å²) in [6.45, 7) is -1.23. The quantitative estimate of drug-likeness (QED) is 0.0992. The molecule has 0 radical (unpaired) electrons. The van der Waals surface area contributed by atoms with Crippen molar-refractivity contribution in [2.24, 2.45) is 5.92 Å². The molecule has 2 aromatic carbocycles. The highest BCUT2D eigenvalue weighted by Gasteiger charge is 2.51. The van der Waals surface area contributed by atoms with Crippen LogP contribution in [-0.4, -0.2) is 155 Å². The number of hydrogen-bond acceptors (Lipinski definition) is 17. The second-order valence-electron chi connectivity index (χ2n) is 12.4. The number of hydrogen-bond donors (Lipinski definition) is 8. The number of carbonyl (C=O) groups excluding carboxylic acids is 1. The summed E-state index contributed by atoms with van der Waals surface area (Å²) >= 11 is 0. The normalized spacial score (nSPS) is 35.7. The maximum absolute atomic E-state index is 12.8. The minimum absolute atomic E-state index is 0.00560. The van der Waals surface area contributed by atoms with Crippen LogP contribution in [0.15, 0.2) is 36.4 Å². The number of ether oxygens (including phenoxy) is 8. The van der Waals surface area contributed by atoms with Crippen molar-refractivity contribution >= 4 is 5.97 Å². The van der Waals surface area contributed by atoms with Crippen molar-refractivity contribution in [3.05, 3.63) is 47.5 Å². The van der Waals surface area contributed by atoms with Crippen molar-refractivity contribution in [1.82, 2.24) is 0 Å². The van der Waals surface area contributed by atoms with E-state index in [2.05, 4.69) is 0 Å². The van der Waals surface area contributed by atoms with Crippen LogP contribution >= 0.6 is 0 Å². The minimum atomic E-state index is -1.88. The first-order valence-corrected chi connectivity index (χ1v) is 15.9. The predicted octanol–water partition coefficient (Wildman–Crippen LogP) is -2.60. The fraction of sp³-hybridized carbons (Fsp3) is 0.606. The summed E-state index contributed by atoms with van der Waals surface area (Å²) in [7, 11) is 4.37. The molecule has 5 rings (SSSR count). The van der Waals surface area contributed by atoms with Crippen LogP contribution in [-0.2, 0) is 36.6 Å². The van der Waals surface area contributed by atoms with Gasteiger partial charge in [-0.2, -0.15) is 0 Å². The van der Waals surface area contributed by atoms with Crippen LogP contribution < -0.4 is 18.9 Å². The Morgan fingerprint density at radius 1 is 0.720 bits per heavy atom. The van der Waals surface area contributed by atoms with Crippen LogP contribution in [0.2, 0.25) is 0 Å². The molecule has 0 spiro atoms. The molecule has 12 atom stereocenters. The van der Waals surface area contributed by atoms with E-state index in [4.69, 9.17) is 37.9 Å². The van der Waals surface area contributed by atoms with Crippen molar-refractivity contribution in [1.29, 1.82) is 0 Å². The fourth-order valence-corrected chi connectivity index (χ4v) is 6.24. The number of rotatable bonds is 13. The molecule has 17 heteroatoms. The van der Waals surface area contributed by atoms with E-state index < -0.39 is 92.1 Å². The smallest absolute Gasteiger partial charge is 0.338 e. The van der Waals surface area contributed by atoms with Gasteiger partial charge in [-0.15, -0.1) is 0 Å². The molecule has 3 aliphatic heterocycles. The third-order valence-electron chi connectivity index (χ3n) is 9.26. The highest BCUT2D eigenvalue weighted by atomic mass is 16.7. The van der Waals surface area contributed by atoms with Gasteiger partial charge in [-0.3, -0.25) is 0 Å². The molecule has 3 fully saturated rings. The summed E-state index contributed by atoms with van der Waals surface area (Å²) in [5, 5.41) is 83.1. The molecule has 278 valence electrons. The standard InChI is InChI=1S/C33H44O17/c1-43-18-6-4-15(9-20(18)44-2)8-17-13-47-32(41)33(17,42)11-16-5-7-19(21(10-16)45-3)48-31-29(40)27(38)25(36)23(50-31)14-46-30-28(39)26(37)24(35)22(12-34)49-30/h4-7,9-10,17,22-31,34-40,42H,8,11-14H2,1-3H3/t17-,22+,23+,24+,25+,26-,27-,28+,29+,30+,31+,33-/m0/s1. The molecule has 0 amide bonds. The average molecular weight is 713 g/mol. The Hall–Kier alpha value is -3.33. The zero-order chi connectivity index (χ0) is 36.3. The number of aliphatic hydroxyl groups is 8. The number of esters is 1. The molecule has 3 heterocycles. The molecule has 3 aliphatic rings. The van der Waals surface area contributed by atoms with Crippen molar-refractivity contribution in [2.75, 3.05) is 41.2 Å². The van der Waals surface area contributed by atoms with Gasteiger partial charge < -0.3 is 78.7 Å². The van der Waals surface area contributed by atoms with Gasteiger partial charge in [-0.25, -0.2) is 4.79 Å². The second-order valence-corrected chi connectivity index (χ2v) is 12.4. The monoisotopic (exact) mass is 712 g/mol. The molecule has 0 unspecified atom stereocenters. The highest BCUT2D eigenvalue weighted by Crippen LogP contribution is 2.38. The summed E-state index contributed by atoms with van der Waals surface area (Å²) in [5.74, 6) is -0.171. The lowest BCUT2D eigenvalue weighted by molar-refractivity contribution is -0.323. The van der Waals surface area contributed by atoms with Crippen LogP contribution in [0.5, 0.6) is 23.0 Å². The van der Waals surface area contributed by atoms with E-state index in [0.717, 1.165) is 5.56 Å². The van der Waals surface area contributed by atoms with Crippen molar-refractivity contribution in [2.45, 2.75) is 79.9 Å². The van der Waals surface area contributed by atoms with E-state index in [9.17, 15) is 45.6 Å². The van der Waals surface area contributed by atoms with Gasteiger partial charge in [0.2, 0.25) is 6.29 Å². The fourth-order valence-electron chi connectivity index (χ4n) is 6.24. The SMILES string of the molecule is COc1ccc(C[C@H]2COC(=O)[C@]2(O)Cc2ccc(O[C@@H]3O[C@H](CO[C@@H]4O[C@H](CO)[C@@H](O)[C@H](O)[C@H]4O)[C@@H](O)[C@H](O)[C@H]3O)c(OC)c2)cc1OC. The molecular weight excluding hydrogens is 668 g/mol. The molecule has 8 N–H and O–H groups in total. The summed E-state index contributed by atoms with van der Waals surface area (Å²) in [4.78, 5) is 12.8. The molecule has 3 saturated heterocycles. The lowest BCUT2D eigenvalue weighted by atomic mass is 9.81. The maximum Gasteiger partial charge on any atom is 0.338 e. The van der Waals surface area contributed by atoms with Gasteiger partial charge in [0.25, 0.3) is 0 Å². The topological polar surface area (TPSA) is 253 Å². The first-order chi connectivity index (χ1) is 23.8. The Labute approximate surface area is 287 Å². The molecule has 0 bridgehead atoms. The lowest BCUT2D eigenvalue weighted by Gasteiger charge is -2.42. The average Bonchev–Trinajstić information content (AvgIpc) is 3.39. The molecule has 2 aromatic rings. The first kappa shape index (κ1) is 37.9. The van der Waals surface area contributed by atoms with E-state index in [1.807, 2.05) is 6.07 Å². The van der Waals surface area contributed by atoms with E-state index >= 15 is 0 Å². The van der Waals surface area contributed by atoms with Gasteiger partial charge in [0, 0.05) is 12.3 Å². The number of methoxy groups -OCH3 is 3. The first-order valence-electron chi connectivity index (χ1n) is 15.9. The van der Waals surface area contributed by atoms with E-state index in [1.54, 1.807) is 18.2 Å². The van der Waals surface area contributed by atoms with Gasteiger partial charge in [0.15, 0.2) is 34.9 Å². The third kappa shape index (κ3) is 7.63. The van der Waals surface area contributed by atoms with Gasteiger partial charge >= 0.3 is 5.97 Å². The van der Waals surface area contributed by atoms with Gasteiger partial charge in [-0.05, 0) is 41.8 Å². The lowest BCUT2D eigenvalue weighted by Crippen LogP contribution is -2.62. The van der Waals surface area contributed by atoms with Gasteiger partial charge in [0.1, 0.15) is 48.8 Å². The molecule has 0 aliphatic carbocycles. The predicted molar refractivity (Wildman–Crippen MR) is 166 cm³/mol. The summed E-state index contributed by atoms with van der Waals surface area (Å²) in [5.41, 5.74) is -0.599. The Morgan fingerprint density at radius 3 is 1.94 bits per heavy atom. The van der Waals surface area contributed by atoms with Crippen molar-refractivity contribution in [3.63, 3.8) is 0 Å². The highest BCUT2D eigenvalue weighted by molar-refractivity contribution is 5.82. The van der Waals surface area contributed by atoms with Crippen LogP contribution in [0, 0.1) is 5.92 Å². The molecule has 0 aromatic heterocycles.